The monoisotopic (exact) mass is 420 g/mol. The van der Waals surface area contributed by atoms with E-state index in [1.54, 1.807) is 12.1 Å². The van der Waals surface area contributed by atoms with E-state index >= 15 is 0 Å². The minimum absolute atomic E-state index is 0.142. The van der Waals surface area contributed by atoms with E-state index in [4.69, 9.17) is 0 Å². The molecule has 0 spiro atoms. The summed E-state index contributed by atoms with van der Waals surface area (Å²) in [6, 6.07) is 12.7. The first-order valence-electron chi connectivity index (χ1n) is 9.15. The van der Waals surface area contributed by atoms with E-state index in [0.717, 1.165) is 11.1 Å². The Bertz CT molecular complexity index is 1780. The van der Waals surface area contributed by atoms with Gasteiger partial charge in [-0.25, -0.2) is 0 Å². The van der Waals surface area contributed by atoms with Gasteiger partial charge in [0, 0.05) is 28.6 Å². The van der Waals surface area contributed by atoms with Crippen LogP contribution in [0.3, 0.4) is 0 Å². The molecule has 0 aliphatic heterocycles. The van der Waals surface area contributed by atoms with Crippen molar-refractivity contribution < 1.29 is 13.0 Å². The predicted octanol–water partition coefficient (Wildman–Crippen LogP) is 3.24. The van der Waals surface area contributed by atoms with Gasteiger partial charge >= 0.3 is 0 Å². The highest BCUT2D eigenvalue weighted by Crippen LogP contribution is 2.24. The van der Waals surface area contributed by atoms with Gasteiger partial charge in [-0.05, 0) is 49.4 Å². The molecule has 5 rings (SSSR count). The Balaban J connectivity index is 1.97. The van der Waals surface area contributed by atoms with Crippen LogP contribution in [0.25, 0.3) is 43.6 Å². The summed E-state index contributed by atoms with van der Waals surface area (Å²) in [6.45, 7) is 1.92. The number of nitrogens with one attached hydrogen (secondary N) is 1. The zero-order valence-corrected chi connectivity index (χ0v) is 16.9. The number of hydrogen-bond donors (Lipinski definition) is 2. The maximum atomic E-state index is 13.2. The van der Waals surface area contributed by atoms with E-state index < -0.39 is 10.1 Å². The van der Waals surface area contributed by atoms with Gasteiger partial charge in [-0.3, -0.25) is 14.1 Å². The molecule has 150 valence electrons. The van der Waals surface area contributed by atoms with Crippen molar-refractivity contribution in [3.8, 4) is 0 Å². The van der Waals surface area contributed by atoms with Crippen LogP contribution in [0.4, 0.5) is 0 Å². The summed E-state index contributed by atoms with van der Waals surface area (Å²) in [7, 11) is -2.57. The molecule has 0 unspecified atom stereocenters. The molecule has 2 aromatic heterocycles. The summed E-state index contributed by atoms with van der Waals surface area (Å²) < 4.78 is 34.1. The average Bonchev–Trinajstić information content (AvgIpc) is 2.70. The third-order valence-electron chi connectivity index (χ3n) is 5.55. The van der Waals surface area contributed by atoms with E-state index in [2.05, 4.69) is 4.98 Å². The first kappa shape index (κ1) is 18.5. The Hall–Kier alpha value is -3.49. The highest BCUT2D eigenvalue weighted by Gasteiger charge is 2.15. The number of aromatic amines is 1. The third-order valence-corrected chi connectivity index (χ3v) is 6.40. The van der Waals surface area contributed by atoms with Crippen molar-refractivity contribution in [2.45, 2.75) is 11.8 Å². The van der Waals surface area contributed by atoms with Crippen LogP contribution in [0.2, 0.25) is 0 Å². The molecule has 2 heterocycles. The largest absolute Gasteiger partial charge is 0.354 e. The van der Waals surface area contributed by atoms with Crippen LogP contribution < -0.4 is 10.9 Å². The van der Waals surface area contributed by atoms with Gasteiger partial charge in [0.15, 0.2) is 10.9 Å². The van der Waals surface area contributed by atoms with Crippen molar-refractivity contribution in [1.29, 1.82) is 0 Å². The molecule has 0 radical (unpaired) electrons. The molecule has 0 saturated carbocycles. The third kappa shape index (κ3) is 2.58. The molecular weight excluding hydrogens is 404 g/mol. The van der Waals surface area contributed by atoms with Crippen molar-refractivity contribution in [3.63, 3.8) is 0 Å². The van der Waals surface area contributed by atoms with Crippen LogP contribution in [-0.4, -0.2) is 22.5 Å². The molecule has 0 atom stereocenters. The lowest BCUT2D eigenvalue weighted by Gasteiger charge is -2.12. The normalized spacial score (nSPS) is 12.4. The minimum atomic E-state index is -4.41. The molecule has 0 saturated heterocycles. The number of benzene rings is 3. The summed E-state index contributed by atoms with van der Waals surface area (Å²) >= 11 is 0. The summed E-state index contributed by atoms with van der Waals surface area (Å²) in [6.07, 6.45) is 0. The molecule has 0 bridgehead atoms. The Kier molecular flexibility index (Phi) is 3.71. The lowest BCUT2D eigenvalue weighted by Crippen LogP contribution is -2.11. The van der Waals surface area contributed by atoms with Crippen LogP contribution in [0.5, 0.6) is 0 Å². The number of hydrogen-bond acceptors (Lipinski definition) is 4. The van der Waals surface area contributed by atoms with Gasteiger partial charge in [0.1, 0.15) is 0 Å². The Labute approximate surface area is 169 Å². The first-order chi connectivity index (χ1) is 14.1. The van der Waals surface area contributed by atoms with E-state index in [1.165, 1.54) is 18.2 Å². The Morgan fingerprint density at radius 3 is 2.20 bits per heavy atom. The standard InChI is InChI=1S/C22H16N2O5S/c1-11-3-6-19-15(7-11)22(26)16-9-18-14(10-20(16)24(19)2)21(25)13-5-4-12(30(27,28)29)8-17(13)23-18/h3-10H,1-2H3,(H,23,25)(H,27,28,29). The number of H-pyrrole nitrogens is 1. The number of aryl methyl sites for hydroxylation is 2. The summed E-state index contributed by atoms with van der Waals surface area (Å²) in [5, 5.41) is 1.71. The van der Waals surface area contributed by atoms with Crippen LogP contribution in [-0.2, 0) is 17.2 Å². The van der Waals surface area contributed by atoms with Crippen LogP contribution in [0, 0.1) is 6.92 Å². The predicted molar refractivity (Wildman–Crippen MR) is 117 cm³/mol. The summed E-state index contributed by atoms with van der Waals surface area (Å²) in [4.78, 5) is 29.0. The van der Waals surface area contributed by atoms with Gasteiger partial charge in [-0.2, -0.15) is 8.42 Å². The maximum absolute atomic E-state index is 13.2. The molecule has 8 heteroatoms. The average molecular weight is 420 g/mol. The molecule has 0 aliphatic rings. The molecule has 30 heavy (non-hydrogen) atoms. The van der Waals surface area contributed by atoms with Crippen molar-refractivity contribution in [1.82, 2.24) is 9.55 Å². The molecule has 0 amide bonds. The molecular formula is C22H16N2O5S. The van der Waals surface area contributed by atoms with Crippen LogP contribution in [0.15, 0.2) is 63.0 Å². The fraction of sp³-hybridized carbons (Fsp3) is 0.0909. The fourth-order valence-corrected chi connectivity index (χ4v) is 4.52. The van der Waals surface area contributed by atoms with Crippen LogP contribution >= 0.6 is 0 Å². The van der Waals surface area contributed by atoms with Gasteiger partial charge in [0.25, 0.3) is 10.1 Å². The Morgan fingerprint density at radius 1 is 0.800 bits per heavy atom. The topological polar surface area (TPSA) is 109 Å². The minimum Gasteiger partial charge on any atom is -0.354 e. The summed E-state index contributed by atoms with van der Waals surface area (Å²) in [5.74, 6) is 0. The van der Waals surface area contributed by atoms with Gasteiger partial charge in [-0.15, -0.1) is 0 Å². The molecule has 0 aliphatic carbocycles. The zero-order chi connectivity index (χ0) is 21.4. The first-order valence-corrected chi connectivity index (χ1v) is 10.6. The highest BCUT2D eigenvalue weighted by molar-refractivity contribution is 7.85. The SMILES string of the molecule is Cc1ccc2c(c1)c(=O)c1cc3[nH]c4cc(S(=O)(=O)O)ccc4c(=O)c3cc1n2C. The quantitative estimate of drug-likeness (QED) is 0.320. The second-order valence-electron chi connectivity index (χ2n) is 7.46. The fourth-order valence-electron chi connectivity index (χ4n) is 4.01. The molecule has 7 nitrogen and oxygen atoms in total. The van der Waals surface area contributed by atoms with Gasteiger partial charge < -0.3 is 9.55 Å². The van der Waals surface area contributed by atoms with Crippen molar-refractivity contribution >= 4 is 53.7 Å². The van der Waals surface area contributed by atoms with E-state index in [9.17, 15) is 22.6 Å². The van der Waals surface area contributed by atoms with Gasteiger partial charge in [0.05, 0.1) is 27.0 Å². The van der Waals surface area contributed by atoms with E-state index in [1.807, 2.05) is 36.7 Å². The second-order valence-corrected chi connectivity index (χ2v) is 8.88. The Morgan fingerprint density at radius 2 is 1.47 bits per heavy atom. The zero-order valence-electron chi connectivity index (χ0n) is 16.1. The number of rotatable bonds is 1. The maximum Gasteiger partial charge on any atom is 0.294 e. The van der Waals surface area contributed by atoms with E-state index in [0.29, 0.717) is 27.2 Å². The van der Waals surface area contributed by atoms with E-state index in [-0.39, 0.29) is 26.7 Å². The van der Waals surface area contributed by atoms with Crippen molar-refractivity contribution in [3.05, 3.63) is 74.5 Å². The molecule has 3 aromatic carbocycles. The van der Waals surface area contributed by atoms with Crippen molar-refractivity contribution in [2.75, 3.05) is 0 Å². The molecule has 2 N–H and O–H groups in total. The number of fused-ring (bicyclic) bond motifs is 4. The smallest absolute Gasteiger partial charge is 0.294 e. The van der Waals surface area contributed by atoms with Gasteiger partial charge in [0.2, 0.25) is 0 Å². The van der Waals surface area contributed by atoms with Crippen LogP contribution in [0.1, 0.15) is 5.56 Å². The van der Waals surface area contributed by atoms with Crippen molar-refractivity contribution in [2.24, 2.45) is 7.05 Å². The highest BCUT2D eigenvalue weighted by atomic mass is 32.2. The number of aromatic nitrogens is 2. The second kappa shape index (κ2) is 6.01. The number of nitrogens with zero attached hydrogens (tertiary/aromatic N) is 1. The lowest BCUT2D eigenvalue weighted by molar-refractivity contribution is 0.483. The molecule has 5 aromatic rings. The van der Waals surface area contributed by atoms with Gasteiger partial charge in [-0.1, -0.05) is 11.6 Å². The number of pyridine rings is 2. The lowest BCUT2D eigenvalue weighted by atomic mass is 10.0. The molecule has 0 fully saturated rings. The summed E-state index contributed by atoms with van der Waals surface area (Å²) in [5.41, 5.74) is 2.61.